The molecule has 4 heteroatoms. The van der Waals surface area contributed by atoms with Crippen LogP contribution in [0.15, 0.2) is 17.2 Å². The number of hydrogen-bond donors (Lipinski definition) is 1. The van der Waals surface area contributed by atoms with Gasteiger partial charge in [0.15, 0.2) is 0 Å². The molecular weight excluding hydrogens is 192 g/mol. The van der Waals surface area contributed by atoms with Crippen molar-refractivity contribution in [1.29, 1.82) is 0 Å². The highest BCUT2D eigenvalue weighted by Crippen LogP contribution is 2.13. The van der Waals surface area contributed by atoms with Crippen molar-refractivity contribution < 1.29 is 9.32 Å². The van der Waals surface area contributed by atoms with Crippen molar-refractivity contribution in [2.45, 2.75) is 26.7 Å². The van der Waals surface area contributed by atoms with E-state index in [4.69, 9.17) is 4.52 Å². The first-order valence-electron chi connectivity index (χ1n) is 5.05. The number of carbonyl (C=O) groups is 1. The molecule has 0 atom stereocenters. The third-order valence-electron chi connectivity index (χ3n) is 2.13. The van der Waals surface area contributed by atoms with Crippen LogP contribution in [0.3, 0.4) is 0 Å². The summed E-state index contributed by atoms with van der Waals surface area (Å²) in [4.78, 5) is 11.7. The molecule has 0 bridgehead atoms. The van der Waals surface area contributed by atoms with Gasteiger partial charge < -0.3 is 9.84 Å². The molecule has 1 rings (SSSR count). The molecule has 0 aliphatic carbocycles. The van der Waals surface area contributed by atoms with Crippen LogP contribution in [0.4, 0.5) is 0 Å². The average Bonchev–Trinajstić information content (AvgIpc) is 2.59. The first-order chi connectivity index (χ1) is 7.20. The zero-order valence-corrected chi connectivity index (χ0v) is 9.17. The van der Waals surface area contributed by atoms with E-state index in [0.29, 0.717) is 30.0 Å². The van der Waals surface area contributed by atoms with Crippen LogP contribution in [0.5, 0.6) is 0 Å². The van der Waals surface area contributed by atoms with Crippen LogP contribution in [0.1, 0.15) is 35.2 Å². The number of aryl methyl sites for hydroxylation is 2. The Balaban J connectivity index is 2.71. The summed E-state index contributed by atoms with van der Waals surface area (Å²) in [5, 5.41) is 6.62. The molecule has 0 saturated carbocycles. The van der Waals surface area contributed by atoms with Crippen molar-refractivity contribution in [3.05, 3.63) is 29.7 Å². The number of nitrogens with zero attached hydrogens (tertiary/aromatic N) is 1. The van der Waals surface area contributed by atoms with Crippen LogP contribution in [0.2, 0.25) is 0 Å². The Morgan fingerprint density at radius 1 is 1.67 bits per heavy atom. The molecule has 0 aromatic carbocycles. The highest BCUT2D eigenvalue weighted by atomic mass is 16.5. The van der Waals surface area contributed by atoms with Gasteiger partial charge in [0.25, 0.3) is 5.91 Å². The van der Waals surface area contributed by atoms with Gasteiger partial charge in [-0.15, -0.1) is 6.58 Å². The topological polar surface area (TPSA) is 55.1 Å². The van der Waals surface area contributed by atoms with E-state index >= 15 is 0 Å². The number of carbonyl (C=O) groups excluding carboxylic acids is 1. The van der Waals surface area contributed by atoms with E-state index in [-0.39, 0.29) is 5.91 Å². The zero-order chi connectivity index (χ0) is 11.3. The minimum absolute atomic E-state index is 0.118. The molecule has 0 fully saturated rings. The van der Waals surface area contributed by atoms with Gasteiger partial charge in [0.2, 0.25) is 0 Å². The lowest BCUT2D eigenvalue weighted by Gasteiger charge is -2.02. The molecule has 0 saturated heterocycles. The summed E-state index contributed by atoms with van der Waals surface area (Å²) in [5.74, 6) is 0.454. The molecule has 1 heterocycles. The average molecular weight is 208 g/mol. The number of hydrogen-bond acceptors (Lipinski definition) is 3. The predicted molar refractivity (Wildman–Crippen MR) is 57.8 cm³/mol. The van der Waals surface area contributed by atoms with Crippen LogP contribution < -0.4 is 5.32 Å². The molecule has 0 aliphatic heterocycles. The Morgan fingerprint density at radius 2 is 2.40 bits per heavy atom. The van der Waals surface area contributed by atoms with Gasteiger partial charge in [-0.25, -0.2) is 0 Å². The SMILES string of the molecule is C=CCCNC(=O)c1c(CC)noc1C. The van der Waals surface area contributed by atoms with Crippen molar-refractivity contribution in [2.24, 2.45) is 0 Å². The van der Waals surface area contributed by atoms with E-state index in [9.17, 15) is 4.79 Å². The summed E-state index contributed by atoms with van der Waals surface area (Å²) in [5.41, 5.74) is 1.28. The van der Waals surface area contributed by atoms with Gasteiger partial charge >= 0.3 is 0 Å². The van der Waals surface area contributed by atoms with Crippen molar-refractivity contribution in [3.8, 4) is 0 Å². The summed E-state index contributed by atoms with van der Waals surface area (Å²) in [7, 11) is 0. The normalized spacial score (nSPS) is 10.0. The van der Waals surface area contributed by atoms with Crippen molar-refractivity contribution in [1.82, 2.24) is 10.5 Å². The molecule has 1 aromatic heterocycles. The van der Waals surface area contributed by atoms with E-state index in [0.717, 1.165) is 6.42 Å². The molecule has 1 amide bonds. The molecule has 0 aliphatic rings. The summed E-state index contributed by atoms with van der Waals surface area (Å²) in [6, 6.07) is 0. The summed E-state index contributed by atoms with van der Waals surface area (Å²) >= 11 is 0. The summed E-state index contributed by atoms with van der Waals surface area (Å²) in [6.45, 7) is 7.87. The van der Waals surface area contributed by atoms with Crippen LogP contribution in [-0.2, 0) is 6.42 Å². The second kappa shape index (κ2) is 5.34. The van der Waals surface area contributed by atoms with Crippen molar-refractivity contribution >= 4 is 5.91 Å². The Kier molecular flexibility index (Phi) is 4.09. The van der Waals surface area contributed by atoms with Crippen LogP contribution in [0, 0.1) is 6.92 Å². The Hall–Kier alpha value is -1.58. The van der Waals surface area contributed by atoms with Gasteiger partial charge in [0, 0.05) is 6.54 Å². The maximum atomic E-state index is 11.7. The van der Waals surface area contributed by atoms with Gasteiger partial charge in [-0.3, -0.25) is 4.79 Å². The van der Waals surface area contributed by atoms with Crippen LogP contribution in [0.25, 0.3) is 0 Å². The third kappa shape index (κ3) is 2.68. The van der Waals surface area contributed by atoms with Gasteiger partial charge in [-0.05, 0) is 19.8 Å². The minimum atomic E-state index is -0.118. The van der Waals surface area contributed by atoms with E-state index in [1.807, 2.05) is 6.92 Å². The minimum Gasteiger partial charge on any atom is -0.361 e. The number of amides is 1. The van der Waals surface area contributed by atoms with Gasteiger partial charge in [0.05, 0.1) is 5.69 Å². The molecule has 1 aromatic rings. The van der Waals surface area contributed by atoms with E-state index in [2.05, 4.69) is 17.1 Å². The lowest BCUT2D eigenvalue weighted by atomic mass is 10.1. The Morgan fingerprint density at radius 3 is 3.00 bits per heavy atom. The molecular formula is C11H16N2O2. The predicted octanol–water partition coefficient (Wildman–Crippen LogP) is 1.85. The molecule has 15 heavy (non-hydrogen) atoms. The molecule has 0 spiro atoms. The van der Waals surface area contributed by atoms with Crippen molar-refractivity contribution in [3.63, 3.8) is 0 Å². The fourth-order valence-electron chi connectivity index (χ4n) is 1.33. The molecule has 0 radical (unpaired) electrons. The zero-order valence-electron chi connectivity index (χ0n) is 9.17. The molecule has 4 nitrogen and oxygen atoms in total. The second-order valence-electron chi connectivity index (χ2n) is 3.25. The fraction of sp³-hybridized carbons (Fsp3) is 0.455. The monoisotopic (exact) mass is 208 g/mol. The van der Waals surface area contributed by atoms with E-state index in [1.165, 1.54) is 0 Å². The number of rotatable bonds is 5. The first-order valence-corrected chi connectivity index (χ1v) is 5.05. The summed E-state index contributed by atoms with van der Waals surface area (Å²) in [6.07, 6.45) is 3.22. The van der Waals surface area contributed by atoms with Crippen molar-refractivity contribution in [2.75, 3.05) is 6.54 Å². The Labute approximate surface area is 89.3 Å². The molecule has 1 N–H and O–H groups in total. The quantitative estimate of drug-likeness (QED) is 0.593. The standard InChI is InChI=1S/C11H16N2O2/c1-4-6-7-12-11(14)10-8(3)15-13-9(10)5-2/h4H,1,5-7H2,2-3H3,(H,12,14). The lowest BCUT2D eigenvalue weighted by molar-refractivity contribution is 0.0952. The third-order valence-corrected chi connectivity index (χ3v) is 2.13. The molecule has 0 unspecified atom stereocenters. The molecule has 82 valence electrons. The Bertz CT molecular complexity index is 355. The number of nitrogens with one attached hydrogen (secondary N) is 1. The van der Waals surface area contributed by atoms with Crippen LogP contribution >= 0.6 is 0 Å². The lowest BCUT2D eigenvalue weighted by Crippen LogP contribution is -2.25. The van der Waals surface area contributed by atoms with Crippen LogP contribution in [-0.4, -0.2) is 17.6 Å². The first kappa shape index (κ1) is 11.5. The van der Waals surface area contributed by atoms with Gasteiger partial charge in [0.1, 0.15) is 11.3 Å². The largest absolute Gasteiger partial charge is 0.361 e. The maximum Gasteiger partial charge on any atom is 0.256 e. The maximum absolute atomic E-state index is 11.7. The van der Waals surface area contributed by atoms with E-state index < -0.39 is 0 Å². The second-order valence-corrected chi connectivity index (χ2v) is 3.25. The number of aromatic nitrogens is 1. The summed E-state index contributed by atoms with van der Waals surface area (Å²) < 4.78 is 4.98. The van der Waals surface area contributed by atoms with Gasteiger partial charge in [-0.1, -0.05) is 18.2 Å². The fourth-order valence-corrected chi connectivity index (χ4v) is 1.33. The highest BCUT2D eigenvalue weighted by Gasteiger charge is 2.18. The van der Waals surface area contributed by atoms with E-state index in [1.54, 1.807) is 13.0 Å². The smallest absolute Gasteiger partial charge is 0.256 e. The highest BCUT2D eigenvalue weighted by molar-refractivity contribution is 5.96. The van der Waals surface area contributed by atoms with Gasteiger partial charge in [-0.2, -0.15) is 0 Å².